The topological polar surface area (TPSA) is 26.3 Å². The largest absolute Gasteiger partial charge is 0.520 e. The van der Waals surface area contributed by atoms with Gasteiger partial charge in [0.25, 0.3) is 5.97 Å². The van der Waals surface area contributed by atoms with Crippen LogP contribution in [0.5, 0.6) is 0 Å². The summed E-state index contributed by atoms with van der Waals surface area (Å²) >= 11 is 5.62. The van der Waals surface area contributed by atoms with Crippen LogP contribution in [0, 0.1) is 0 Å². The lowest BCUT2D eigenvalue weighted by atomic mass is 10.1. The molecule has 0 heterocycles. The Morgan fingerprint density at radius 1 is 0.889 bits per heavy atom. The zero-order valence-electron chi connectivity index (χ0n) is 12.3. The normalized spacial score (nSPS) is 11.6. The van der Waals surface area contributed by atoms with E-state index < -0.39 is 8.32 Å². The average Bonchev–Trinajstić information content (AvgIpc) is 2.24. The zero-order chi connectivity index (χ0) is 13.9. The predicted molar refractivity (Wildman–Crippen MR) is 81.7 cm³/mol. The second-order valence-corrected chi connectivity index (χ2v) is 10.7. The summed E-state index contributed by atoms with van der Waals surface area (Å²) < 4.78 is 5.40. The summed E-state index contributed by atoms with van der Waals surface area (Å²) in [6.07, 6.45) is 10.2. The van der Waals surface area contributed by atoms with E-state index in [2.05, 4.69) is 0 Å². The lowest BCUT2D eigenvalue weighted by Crippen LogP contribution is -2.28. The summed E-state index contributed by atoms with van der Waals surface area (Å²) in [5.41, 5.74) is 0. The number of unbranched alkanes of at least 4 members (excludes halogenated alkanes) is 7. The van der Waals surface area contributed by atoms with Crippen molar-refractivity contribution in [2.24, 2.45) is 0 Å². The van der Waals surface area contributed by atoms with Crippen LogP contribution in [0.25, 0.3) is 0 Å². The smallest absolute Gasteiger partial charge is 0.292 e. The van der Waals surface area contributed by atoms with Crippen molar-refractivity contribution < 1.29 is 9.22 Å². The SMILES string of the molecule is C[Si](C)(C)OC(=O)CCCCCCCCCCCl. The van der Waals surface area contributed by atoms with E-state index in [1.54, 1.807) is 0 Å². The number of alkyl halides is 1. The third-order valence-corrected chi connectivity index (χ3v) is 3.79. The molecular formula is C14H29ClO2Si. The van der Waals surface area contributed by atoms with Gasteiger partial charge in [-0.1, -0.05) is 38.5 Å². The molecule has 0 aliphatic heterocycles. The van der Waals surface area contributed by atoms with Crippen LogP contribution in [0.15, 0.2) is 0 Å². The maximum atomic E-state index is 11.5. The van der Waals surface area contributed by atoms with Crippen molar-refractivity contribution in [3.63, 3.8) is 0 Å². The Hall–Kier alpha value is -0.0231. The quantitative estimate of drug-likeness (QED) is 0.300. The molecule has 0 amide bonds. The number of rotatable bonds is 11. The number of hydrogen-bond acceptors (Lipinski definition) is 2. The Kier molecular flexibility index (Phi) is 10.8. The van der Waals surface area contributed by atoms with E-state index in [0.29, 0.717) is 6.42 Å². The molecule has 0 rings (SSSR count). The van der Waals surface area contributed by atoms with Gasteiger partial charge in [0.1, 0.15) is 0 Å². The van der Waals surface area contributed by atoms with Gasteiger partial charge in [-0.3, -0.25) is 4.79 Å². The standard InChI is InChI=1S/C14H29ClO2Si/c1-18(2,3)17-14(16)12-10-8-6-4-5-7-9-11-13-15/h4-13H2,1-3H3. The van der Waals surface area contributed by atoms with Crippen LogP contribution in [0.2, 0.25) is 19.6 Å². The highest BCUT2D eigenvalue weighted by atomic mass is 35.5. The van der Waals surface area contributed by atoms with Crippen LogP contribution in [0.3, 0.4) is 0 Å². The average molecular weight is 293 g/mol. The molecule has 0 aliphatic carbocycles. The third-order valence-electron chi connectivity index (χ3n) is 2.68. The lowest BCUT2D eigenvalue weighted by molar-refractivity contribution is -0.135. The van der Waals surface area contributed by atoms with Gasteiger partial charge >= 0.3 is 0 Å². The van der Waals surface area contributed by atoms with E-state index in [-0.39, 0.29) is 5.97 Å². The number of carbonyl (C=O) groups excluding carboxylic acids is 1. The minimum Gasteiger partial charge on any atom is -0.520 e. The maximum absolute atomic E-state index is 11.5. The number of halogens is 1. The zero-order valence-corrected chi connectivity index (χ0v) is 14.0. The maximum Gasteiger partial charge on any atom is 0.292 e. The van der Waals surface area contributed by atoms with Gasteiger partial charge < -0.3 is 4.43 Å². The summed E-state index contributed by atoms with van der Waals surface area (Å²) in [5, 5.41) is 0. The predicted octanol–water partition coefficient (Wildman–Crippen LogP) is 5.11. The molecule has 18 heavy (non-hydrogen) atoms. The van der Waals surface area contributed by atoms with Gasteiger partial charge in [0.15, 0.2) is 0 Å². The van der Waals surface area contributed by atoms with Crippen molar-refractivity contribution in [3.05, 3.63) is 0 Å². The van der Waals surface area contributed by atoms with Crippen LogP contribution in [-0.4, -0.2) is 20.2 Å². The summed E-state index contributed by atoms with van der Waals surface area (Å²) in [6.45, 7) is 6.14. The van der Waals surface area contributed by atoms with Gasteiger partial charge in [0.05, 0.1) is 0 Å². The van der Waals surface area contributed by atoms with Crippen molar-refractivity contribution >= 4 is 25.9 Å². The molecule has 0 bridgehead atoms. The molecule has 0 saturated heterocycles. The molecule has 0 aromatic rings. The van der Waals surface area contributed by atoms with Crippen LogP contribution < -0.4 is 0 Å². The van der Waals surface area contributed by atoms with Crippen molar-refractivity contribution in [1.29, 1.82) is 0 Å². The highest BCUT2D eigenvalue weighted by Crippen LogP contribution is 2.11. The van der Waals surface area contributed by atoms with E-state index in [0.717, 1.165) is 25.1 Å². The van der Waals surface area contributed by atoms with Gasteiger partial charge in [0.2, 0.25) is 8.32 Å². The first-order chi connectivity index (χ1) is 8.45. The molecular weight excluding hydrogens is 264 g/mol. The first kappa shape index (κ1) is 18.0. The van der Waals surface area contributed by atoms with Crippen molar-refractivity contribution in [2.75, 3.05) is 5.88 Å². The molecule has 0 atom stereocenters. The Morgan fingerprint density at radius 3 is 1.78 bits per heavy atom. The van der Waals surface area contributed by atoms with Gasteiger partial charge in [-0.2, -0.15) is 0 Å². The second-order valence-electron chi connectivity index (χ2n) is 5.85. The Labute approximate surface area is 119 Å². The summed E-state index contributed by atoms with van der Waals surface area (Å²) in [4.78, 5) is 11.5. The fraction of sp³-hybridized carbons (Fsp3) is 0.929. The van der Waals surface area contributed by atoms with Crippen molar-refractivity contribution in [3.8, 4) is 0 Å². The Bertz CT molecular complexity index is 214. The molecule has 0 unspecified atom stereocenters. The first-order valence-electron chi connectivity index (χ1n) is 7.23. The van der Waals surface area contributed by atoms with Gasteiger partial charge in [0, 0.05) is 12.3 Å². The van der Waals surface area contributed by atoms with Crippen molar-refractivity contribution in [2.45, 2.75) is 77.4 Å². The Balaban J connectivity index is 3.23. The highest BCUT2D eigenvalue weighted by molar-refractivity contribution is 6.71. The van der Waals surface area contributed by atoms with E-state index in [4.69, 9.17) is 16.0 Å². The molecule has 0 aliphatic rings. The monoisotopic (exact) mass is 292 g/mol. The number of carbonyl (C=O) groups is 1. The molecule has 0 radical (unpaired) electrons. The fourth-order valence-corrected chi connectivity index (χ4v) is 2.79. The summed E-state index contributed by atoms with van der Waals surface area (Å²) in [6, 6.07) is 0. The molecule has 0 saturated carbocycles. The molecule has 108 valence electrons. The van der Waals surface area contributed by atoms with Crippen LogP contribution in [0.1, 0.15) is 57.8 Å². The van der Waals surface area contributed by atoms with Gasteiger partial charge in [-0.25, -0.2) is 0 Å². The van der Waals surface area contributed by atoms with Crippen LogP contribution in [-0.2, 0) is 9.22 Å². The molecule has 0 fully saturated rings. The van der Waals surface area contributed by atoms with Gasteiger partial charge in [-0.15, -0.1) is 11.6 Å². The fourth-order valence-electron chi connectivity index (χ4n) is 1.82. The van der Waals surface area contributed by atoms with Crippen molar-refractivity contribution in [1.82, 2.24) is 0 Å². The summed E-state index contributed by atoms with van der Waals surface area (Å²) in [5.74, 6) is 0.787. The summed E-state index contributed by atoms with van der Waals surface area (Å²) in [7, 11) is -1.67. The van der Waals surface area contributed by atoms with E-state index in [9.17, 15) is 4.79 Å². The Morgan fingerprint density at radius 2 is 1.33 bits per heavy atom. The minimum absolute atomic E-state index is 0.00345. The second kappa shape index (κ2) is 10.9. The highest BCUT2D eigenvalue weighted by Gasteiger charge is 2.19. The van der Waals surface area contributed by atoms with Crippen LogP contribution >= 0.6 is 11.6 Å². The number of hydrogen-bond donors (Lipinski definition) is 0. The molecule has 0 spiro atoms. The third kappa shape index (κ3) is 14.0. The van der Waals surface area contributed by atoms with E-state index in [1.807, 2.05) is 19.6 Å². The molecule has 0 aromatic carbocycles. The van der Waals surface area contributed by atoms with E-state index >= 15 is 0 Å². The molecule has 4 heteroatoms. The lowest BCUT2D eigenvalue weighted by Gasteiger charge is -2.17. The molecule has 0 N–H and O–H groups in total. The van der Waals surface area contributed by atoms with E-state index in [1.165, 1.54) is 32.1 Å². The first-order valence-corrected chi connectivity index (χ1v) is 11.2. The van der Waals surface area contributed by atoms with Crippen LogP contribution in [0.4, 0.5) is 0 Å². The molecule has 2 nitrogen and oxygen atoms in total. The molecule has 0 aromatic heterocycles. The minimum atomic E-state index is -1.67. The van der Waals surface area contributed by atoms with Gasteiger partial charge in [-0.05, 0) is 32.5 Å².